The van der Waals surface area contributed by atoms with Crippen molar-refractivity contribution in [2.75, 3.05) is 32.1 Å². The van der Waals surface area contributed by atoms with Gasteiger partial charge in [-0.2, -0.15) is 0 Å². The summed E-state index contributed by atoms with van der Waals surface area (Å²) in [6.07, 6.45) is 3.84. The number of rotatable bonds is 3. The highest BCUT2D eigenvalue weighted by molar-refractivity contribution is 5.92. The topological polar surface area (TPSA) is 62.5 Å². The highest BCUT2D eigenvalue weighted by Crippen LogP contribution is 2.19. The van der Waals surface area contributed by atoms with Gasteiger partial charge in [0.25, 0.3) is 0 Å². The molecular formula is C13H22Cl2N4O. The molecule has 1 amide bonds. The Morgan fingerprint density at radius 2 is 1.90 bits per heavy atom. The predicted molar refractivity (Wildman–Crippen MR) is 86.2 cm³/mol. The molecule has 2 rings (SSSR count). The van der Waals surface area contributed by atoms with E-state index in [1.165, 1.54) is 0 Å². The van der Waals surface area contributed by atoms with Crippen molar-refractivity contribution in [2.45, 2.75) is 18.9 Å². The van der Waals surface area contributed by atoms with Crippen molar-refractivity contribution < 1.29 is 4.79 Å². The molecule has 0 aliphatic carbocycles. The average molecular weight is 321 g/mol. The number of aromatic nitrogens is 1. The van der Waals surface area contributed by atoms with E-state index in [0.29, 0.717) is 11.6 Å². The van der Waals surface area contributed by atoms with Crippen LogP contribution in [-0.4, -0.2) is 49.0 Å². The lowest BCUT2D eigenvalue weighted by molar-refractivity contribution is 0.1000. The third-order valence-electron chi connectivity index (χ3n) is 3.55. The maximum Gasteiger partial charge on any atom is 0.250 e. The lowest BCUT2D eigenvalue weighted by Gasteiger charge is -2.35. The van der Waals surface area contributed by atoms with Crippen molar-refractivity contribution >= 4 is 36.5 Å². The first-order chi connectivity index (χ1) is 8.58. The second kappa shape index (κ2) is 8.29. The summed E-state index contributed by atoms with van der Waals surface area (Å²) in [6, 6.07) is 4.27. The number of hydrogen-bond donors (Lipinski definition) is 1. The van der Waals surface area contributed by atoms with E-state index >= 15 is 0 Å². The van der Waals surface area contributed by atoms with Gasteiger partial charge in [-0.15, -0.1) is 24.8 Å². The van der Waals surface area contributed by atoms with E-state index in [-0.39, 0.29) is 24.8 Å². The van der Waals surface area contributed by atoms with Crippen molar-refractivity contribution in [3.63, 3.8) is 0 Å². The number of anilines is 1. The molecule has 1 aromatic rings. The monoisotopic (exact) mass is 320 g/mol. The van der Waals surface area contributed by atoms with E-state index in [4.69, 9.17) is 5.73 Å². The fraction of sp³-hybridized carbons (Fsp3) is 0.538. The third kappa shape index (κ3) is 4.51. The van der Waals surface area contributed by atoms with Gasteiger partial charge in [0, 0.05) is 25.3 Å². The average Bonchev–Trinajstić information content (AvgIpc) is 2.39. The van der Waals surface area contributed by atoms with Crippen LogP contribution < -0.4 is 10.6 Å². The molecule has 2 N–H and O–H groups in total. The molecule has 2 heterocycles. The lowest BCUT2D eigenvalue weighted by Crippen LogP contribution is -2.42. The molecular weight excluding hydrogens is 299 g/mol. The smallest absolute Gasteiger partial charge is 0.250 e. The highest BCUT2D eigenvalue weighted by atomic mass is 35.5. The van der Waals surface area contributed by atoms with Crippen LogP contribution >= 0.6 is 24.8 Å². The predicted octanol–water partition coefficient (Wildman–Crippen LogP) is 1.55. The largest absolute Gasteiger partial charge is 0.366 e. The minimum absolute atomic E-state index is 0. The molecule has 0 aromatic carbocycles. The Bertz CT molecular complexity index is 417. The number of nitrogens with two attached hydrogens (primary N) is 1. The Balaban J connectivity index is 0.00000180. The third-order valence-corrected chi connectivity index (χ3v) is 3.55. The maximum atomic E-state index is 11.0. The standard InChI is InChI=1S/C13H20N4O.2ClH/c1-16(2)11-5-7-17(8-6-11)12-4-3-10(9-15-12)13(14)18;;/h3-4,9,11H,5-8H2,1-2H3,(H2,14,18);2*1H. The second-order valence-corrected chi connectivity index (χ2v) is 4.95. The number of amides is 1. The SMILES string of the molecule is CN(C)C1CCN(c2ccc(C(N)=O)cn2)CC1.Cl.Cl. The number of hydrogen-bond acceptors (Lipinski definition) is 4. The van der Waals surface area contributed by atoms with E-state index in [0.717, 1.165) is 31.7 Å². The molecule has 1 aliphatic rings. The molecule has 1 aliphatic heterocycles. The summed E-state index contributed by atoms with van der Waals surface area (Å²) >= 11 is 0. The summed E-state index contributed by atoms with van der Waals surface area (Å²) in [6.45, 7) is 2.01. The van der Waals surface area contributed by atoms with Crippen LogP contribution in [0.4, 0.5) is 5.82 Å². The Kier molecular flexibility index (Phi) is 7.86. The Morgan fingerprint density at radius 3 is 2.30 bits per heavy atom. The summed E-state index contributed by atoms with van der Waals surface area (Å²) in [5.74, 6) is 0.498. The van der Waals surface area contributed by atoms with E-state index in [1.54, 1.807) is 12.3 Å². The lowest BCUT2D eigenvalue weighted by atomic mass is 10.0. The van der Waals surface area contributed by atoms with E-state index in [1.807, 2.05) is 6.07 Å². The first-order valence-corrected chi connectivity index (χ1v) is 6.25. The van der Waals surface area contributed by atoms with Crippen LogP contribution in [0.15, 0.2) is 18.3 Å². The Labute approximate surface area is 132 Å². The molecule has 5 nitrogen and oxygen atoms in total. The zero-order valence-corrected chi connectivity index (χ0v) is 13.4. The zero-order chi connectivity index (χ0) is 13.1. The van der Waals surface area contributed by atoms with Gasteiger partial charge in [0.2, 0.25) is 5.91 Å². The summed E-state index contributed by atoms with van der Waals surface area (Å²) < 4.78 is 0. The molecule has 7 heteroatoms. The fourth-order valence-corrected chi connectivity index (χ4v) is 2.33. The van der Waals surface area contributed by atoms with Crippen LogP contribution in [0.1, 0.15) is 23.2 Å². The van der Waals surface area contributed by atoms with Crippen LogP contribution in [0.25, 0.3) is 0 Å². The number of halogens is 2. The molecule has 0 atom stereocenters. The number of carbonyl (C=O) groups excluding carboxylic acids is 1. The van der Waals surface area contributed by atoms with Gasteiger partial charge < -0.3 is 15.5 Å². The molecule has 0 radical (unpaired) electrons. The second-order valence-electron chi connectivity index (χ2n) is 4.95. The van der Waals surface area contributed by atoms with Crippen LogP contribution in [0.3, 0.4) is 0 Å². The molecule has 0 unspecified atom stereocenters. The fourth-order valence-electron chi connectivity index (χ4n) is 2.33. The van der Waals surface area contributed by atoms with Gasteiger partial charge in [-0.1, -0.05) is 0 Å². The van der Waals surface area contributed by atoms with E-state index in [2.05, 4.69) is 28.9 Å². The van der Waals surface area contributed by atoms with Crippen molar-refractivity contribution in [2.24, 2.45) is 5.73 Å². The molecule has 0 spiro atoms. The Morgan fingerprint density at radius 1 is 1.30 bits per heavy atom. The van der Waals surface area contributed by atoms with Gasteiger partial charge in [0.15, 0.2) is 0 Å². The van der Waals surface area contributed by atoms with E-state index in [9.17, 15) is 4.79 Å². The number of nitrogens with zero attached hydrogens (tertiary/aromatic N) is 3. The normalized spacial score (nSPS) is 15.4. The minimum Gasteiger partial charge on any atom is -0.366 e. The van der Waals surface area contributed by atoms with Crippen molar-refractivity contribution in [3.05, 3.63) is 23.9 Å². The van der Waals surface area contributed by atoms with Crippen molar-refractivity contribution in [3.8, 4) is 0 Å². The molecule has 114 valence electrons. The Hall–Kier alpha value is -1.04. The summed E-state index contributed by atoms with van der Waals surface area (Å²) in [5, 5.41) is 0. The van der Waals surface area contributed by atoms with Crippen LogP contribution in [0.2, 0.25) is 0 Å². The first kappa shape index (κ1) is 19.0. The maximum absolute atomic E-state index is 11.0. The first-order valence-electron chi connectivity index (χ1n) is 6.25. The summed E-state index contributed by atoms with van der Waals surface area (Å²) in [4.78, 5) is 19.8. The highest BCUT2D eigenvalue weighted by Gasteiger charge is 2.21. The van der Waals surface area contributed by atoms with Crippen LogP contribution in [-0.2, 0) is 0 Å². The van der Waals surface area contributed by atoms with Crippen LogP contribution in [0.5, 0.6) is 0 Å². The van der Waals surface area contributed by atoms with E-state index < -0.39 is 5.91 Å². The van der Waals surface area contributed by atoms with Gasteiger partial charge in [0.05, 0.1) is 5.56 Å². The van der Waals surface area contributed by atoms with Gasteiger partial charge in [-0.3, -0.25) is 4.79 Å². The zero-order valence-electron chi connectivity index (χ0n) is 11.8. The molecule has 0 saturated carbocycles. The number of carbonyl (C=O) groups is 1. The number of pyridine rings is 1. The number of piperidine rings is 1. The molecule has 1 saturated heterocycles. The van der Waals surface area contributed by atoms with Crippen molar-refractivity contribution in [1.29, 1.82) is 0 Å². The molecule has 0 bridgehead atoms. The van der Waals surface area contributed by atoms with Gasteiger partial charge in [-0.05, 0) is 39.1 Å². The van der Waals surface area contributed by atoms with Crippen LogP contribution in [0, 0.1) is 0 Å². The summed E-state index contributed by atoms with van der Waals surface area (Å²) in [5.41, 5.74) is 5.66. The van der Waals surface area contributed by atoms with Crippen molar-refractivity contribution in [1.82, 2.24) is 9.88 Å². The van der Waals surface area contributed by atoms with Gasteiger partial charge >= 0.3 is 0 Å². The molecule has 1 fully saturated rings. The van der Waals surface area contributed by atoms with Gasteiger partial charge in [-0.25, -0.2) is 4.98 Å². The van der Waals surface area contributed by atoms with Gasteiger partial charge in [0.1, 0.15) is 5.82 Å². The quantitative estimate of drug-likeness (QED) is 0.918. The number of primary amides is 1. The summed E-state index contributed by atoms with van der Waals surface area (Å²) in [7, 11) is 4.25. The molecule has 20 heavy (non-hydrogen) atoms. The molecule has 1 aromatic heterocycles. The minimum atomic E-state index is -0.430.